The first-order chi connectivity index (χ1) is 18.2. The number of hydrogen-bond acceptors (Lipinski definition) is 5. The van der Waals surface area contributed by atoms with Crippen LogP contribution in [0.1, 0.15) is 12.8 Å². The summed E-state index contributed by atoms with van der Waals surface area (Å²) in [5.41, 5.74) is 5.84. The lowest BCUT2D eigenvalue weighted by Crippen LogP contribution is -2.53. The first kappa shape index (κ1) is 22.1. The highest BCUT2D eigenvalue weighted by Gasteiger charge is 2.35. The van der Waals surface area contributed by atoms with Crippen LogP contribution in [0.3, 0.4) is 0 Å². The maximum atomic E-state index is 13.6. The Hall–Kier alpha value is -4.10. The van der Waals surface area contributed by atoms with Crippen LogP contribution in [0.4, 0.5) is 5.69 Å². The summed E-state index contributed by atoms with van der Waals surface area (Å²) in [7, 11) is 1.69. The minimum atomic E-state index is -0.152. The van der Waals surface area contributed by atoms with E-state index in [1.54, 1.807) is 7.11 Å². The summed E-state index contributed by atoms with van der Waals surface area (Å²) in [6.07, 6.45) is 2.37. The van der Waals surface area contributed by atoms with Crippen molar-refractivity contribution in [2.45, 2.75) is 18.9 Å². The van der Waals surface area contributed by atoms with Crippen molar-refractivity contribution < 1.29 is 4.74 Å². The molecule has 3 aliphatic rings. The highest BCUT2D eigenvalue weighted by atomic mass is 16.5. The number of anilines is 1. The number of pyridine rings is 1. The molecule has 0 aliphatic carbocycles. The summed E-state index contributed by atoms with van der Waals surface area (Å²) in [6, 6.07) is 22.4. The van der Waals surface area contributed by atoms with Gasteiger partial charge in [-0.15, -0.1) is 0 Å². The van der Waals surface area contributed by atoms with Crippen LogP contribution in [0.15, 0.2) is 71.5 Å². The molecule has 2 bridgehead atoms. The van der Waals surface area contributed by atoms with Gasteiger partial charge in [0.1, 0.15) is 17.1 Å². The number of nitrogens with one attached hydrogen (secondary N) is 3. The lowest BCUT2D eigenvalue weighted by atomic mass is 9.83. The molecule has 2 aromatic heterocycles. The van der Waals surface area contributed by atoms with Gasteiger partial charge in [0.2, 0.25) is 0 Å². The van der Waals surface area contributed by atoms with Crippen molar-refractivity contribution in [3.63, 3.8) is 0 Å². The van der Waals surface area contributed by atoms with Gasteiger partial charge in [0.05, 0.1) is 29.3 Å². The molecule has 7 nitrogen and oxygen atoms in total. The number of fused-ring (bicyclic) bond motifs is 5. The number of nitrogens with zero attached hydrogens (tertiary/aromatic N) is 2. The van der Waals surface area contributed by atoms with Crippen LogP contribution < -0.4 is 15.6 Å². The van der Waals surface area contributed by atoms with Crippen molar-refractivity contribution in [2.24, 2.45) is 5.92 Å². The number of imidazole rings is 1. The van der Waals surface area contributed by atoms with Gasteiger partial charge in [0.25, 0.3) is 5.56 Å². The quantitative estimate of drug-likeness (QED) is 0.313. The molecule has 5 heterocycles. The van der Waals surface area contributed by atoms with Crippen molar-refractivity contribution in [1.29, 1.82) is 0 Å². The molecular weight excluding hydrogens is 462 g/mol. The maximum Gasteiger partial charge on any atom is 0.261 e. The van der Waals surface area contributed by atoms with Gasteiger partial charge in [0, 0.05) is 23.5 Å². The number of ether oxygens (including phenoxy) is 1. The van der Waals surface area contributed by atoms with Crippen LogP contribution in [0.25, 0.3) is 44.5 Å². The van der Waals surface area contributed by atoms with Gasteiger partial charge in [-0.1, -0.05) is 36.4 Å². The molecule has 0 saturated carbocycles. The lowest BCUT2D eigenvalue weighted by Gasteiger charge is -2.45. The Labute approximate surface area is 214 Å². The molecule has 0 radical (unpaired) electrons. The molecule has 1 atom stereocenters. The average Bonchev–Trinajstić information content (AvgIpc) is 3.37. The highest BCUT2D eigenvalue weighted by molar-refractivity contribution is 6.01. The SMILES string of the molecule is COc1ccccc1-c1ccc2[nH]c(=O)c(-c3nc4ccccc4[nH]3)c(N[C@@H]3CN4CCC3CC4)c2c1. The normalized spacial score (nSPS) is 20.9. The number of benzene rings is 3. The Balaban J connectivity index is 1.45. The third-order valence-electron chi connectivity index (χ3n) is 8.04. The van der Waals surface area contributed by atoms with E-state index in [1.807, 2.05) is 54.6 Å². The van der Waals surface area contributed by atoms with Crippen LogP contribution in [0.2, 0.25) is 0 Å². The van der Waals surface area contributed by atoms with E-state index in [0.29, 0.717) is 17.3 Å². The minimum Gasteiger partial charge on any atom is -0.496 e. The lowest BCUT2D eigenvalue weighted by molar-refractivity contribution is 0.0976. The monoisotopic (exact) mass is 491 g/mol. The van der Waals surface area contributed by atoms with Gasteiger partial charge in [-0.2, -0.15) is 0 Å². The van der Waals surface area contributed by atoms with E-state index in [4.69, 9.17) is 9.72 Å². The summed E-state index contributed by atoms with van der Waals surface area (Å²) in [5.74, 6) is 1.99. The van der Waals surface area contributed by atoms with Gasteiger partial charge in [-0.3, -0.25) is 4.79 Å². The zero-order valence-corrected chi connectivity index (χ0v) is 20.8. The number of methoxy groups -OCH3 is 1. The van der Waals surface area contributed by atoms with Crippen LogP contribution in [-0.2, 0) is 0 Å². The van der Waals surface area contributed by atoms with E-state index < -0.39 is 0 Å². The zero-order chi connectivity index (χ0) is 24.9. The van der Waals surface area contributed by atoms with Crippen LogP contribution in [0.5, 0.6) is 5.75 Å². The predicted molar refractivity (Wildman–Crippen MR) is 148 cm³/mol. The molecule has 8 rings (SSSR count). The van der Waals surface area contributed by atoms with E-state index >= 15 is 0 Å². The minimum absolute atomic E-state index is 0.152. The van der Waals surface area contributed by atoms with Crippen molar-refractivity contribution in [1.82, 2.24) is 19.9 Å². The van der Waals surface area contributed by atoms with E-state index in [9.17, 15) is 4.79 Å². The van der Waals surface area contributed by atoms with Crippen LogP contribution >= 0.6 is 0 Å². The predicted octanol–water partition coefficient (Wildman–Crippen LogP) is 5.25. The second-order valence-electron chi connectivity index (χ2n) is 10.2. The molecule has 7 heteroatoms. The molecule has 186 valence electrons. The van der Waals surface area contributed by atoms with Gasteiger partial charge >= 0.3 is 0 Å². The topological polar surface area (TPSA) is 86.0 Å². The molecule has 37 heavy (non-hydrogen) atoms. The van der Waals surface area contributed by atoms with Crippen LogP contribution in [-0.4, -0.2) is 52.6 Å². The third-order valence-corrected chi connectivity index (χ3v) is 8.04. The Morgan fingerprint density at radius 2 is 1.78 bits per heavy atom. The van der Waals surface area contributed by atoms with Crippen molar-refractivity contribution in [2.75, 3.05) is 32.1 Å². The molecule has 3 aromatic carbocycles. The fourth-order valence-corrected chi connectivity index (χ4v) is 6.10. The number of hydrogen-bond donors (Lipinski definition) is 3. The van der Waals surface area contributed by atoms with Gasteiger partial charge < -0.3 is 24.9 Å². The second-order valence-corrected chi connectivity index (χ2v) is 10.2. The third kappa shape index (κ3) is 3.78. The Morgan fingerprint density at radius 1 is 0.973 bits per heavy atom. The molecule has 3 fully saturated rings. The summed E-state index contributed by atoms with van der Waals surface area (Å²) in [6.45, 7) is 3.31. The summed E-state index contributed by atoms with van der Waals surface area (Å²) < 4.78 is 5.65. The van der Waals surface area contributed by atoms with Gasteiger partial charge in [-0.05, 0) is 67.7 Å². The van der Waals surface area contributed by atoms with Gasteiger partial charge in [-0.25, -0.2) is 4.98 Å². The number of H-pyrrole nitrogens is 2. The summed E-state index contributed by atoms with van der Waals surface area (Å²) in [5, 5.41) is 4.83. The Kier molecular flexibility index (Phi) is 5.25. The number of piperidine rings is 3. The number of aromatic amines is 2. The number of rotatable bonds is 5. The maximum absolute atomic E-state index is 13.6. The van der Waals surface area contributed by atoms with E-state index in [-0.39, 0.29) is 11.6 Å². The Morgan fingerprint density at radius 3 is 2.57 bits per heavy atom. The smallest absolute Gasteiger partial charge is 0.261 e. The molecule has 3 aliphatic heterocycles. The number of aromatic nitrogens is 3. The van der Waals surface area contributed by atoms with Crippen molar-refractivity contribution in [3.8, 4) is 28.3 Å². The summed E-state index contributed by atoms with van der Waals surface area (Å²) in [4.78, 5) is 27.5. The first-order valence-corrected chi connectivity index (χ1v) is 13.0. The first-order valence-electron chi connectivity index (χ1n) is 13.0. The largest absolute Gasteiger partial charge is 0.496 e. The standard InChI is InChI=1S/C30H29N5O2/c1-37-26-9-5-2-6-20(26)19-10-11-22-21(16-19)28(31-25-17-35-14-12-18(25)13-15-35)27(30(36)34-22)29-32-23-7-3-4-8-24(23)33-29/h2-11,16,18,25H,12-15,17H2,1H3,(H,32,33)(H2,31,34,36)/t25-/m1/s1. The molecule has 5 aromatic rings. The van der Waals surface area contributed by atoms with E-state index in [1.165, 1.54) is 12.8 Å². The van der Waals surface area contributed by atoms with E-state index in [0.717, 1.165) is 64.1 Å². The molecule has 0 unspecified atom stereocenters. The molecule has 0 spiro atoms. The highest BCUT2D eigenvalue weighted by Crippen LogP contribution is 2.38. The average molecular weight is 492 g/mol. The molecular formula is C30H29N5O2. The molecule has 3 N–H and O–H groups in total. The fourth-order valence-electron chi connectivity index (χ4n) is 6.10. The summed E-state index contributed by atoms with van der Waals surface area (Å²) >= 11 is 0. The number of para-hydroxylation sites is 3. The molecule has 3 saturated heterocycles. The van der Waals surface area contributed by atoms with E-state index in [2.05, 4.69) is 32.3 Å². The van der Waals surface area contributed by atoms with Crippen LogP contribution in [0, 0.1) is 5.92 Å². The fraction of sp³-hybridized carbons (Fsp3) is 0.267. The van der Waals surface area contributed by atoms with Crippen molar-refractivity contribution >= 4 is 27.6 Å². The zero-order valence-electron chi connectivity index (χ0n) is 20.8. The van der Waals surface area contributed by atoms with Gasteiger partial charge in [0.15, 0.2) is 0 Å². The molecule has 0 amide bonds. The second kappa shape index (κ2) is 8.78. The Bertz CT molecular complexity index is 1650. The van der Waals surface area contributed by atoms with Crippen molar-refractivity contribution in [3.05, 3.63) is 77.1 Å².